The third-order valence-electron chi connectivity index (χ3n) is 5.65. The van der Waals surface area contributed by atoms with Gasteiger partial charge in [-0.15, -0.1) is 5.10 Å². The predicted octanol–water partition coefficient (Wildman–Crippen LogP) is 3.44. The number of ether oxygens (including phenoxy) is 1. The van der Waals surface area contributed by atoms with Crippen molar-refractivity contribution < 1.29 is 9.53 Å². The molecule has 1 amide bonds. The highest BCUT2D eigenvalue weighted by Crippen LogP contribution is 2.30. The van der Waals surface area contributed by atoms with Crippen LogP contribution in [0.5, 0.6) is 5.75 Å². The highest BCUT2D eigenvalue weighted by Gasteiger charge is 2.20. The van der Waals surface area contributed by atoms with Crippen molar-refractivity contribution in [1.82, 2.24) is 20.3 Å². The summed E-state index contributed by atoms with van der Waals surface area (Å²) in [6.45, 7) is 14.4. The molecule has 0 spiro atoms. The van der Waals surface area contributed by atoms with Crippen molar-refractivity contribution in [2.24, 2.45) is 16.5 Å². The highest BCUT2D eigenvalue weighted by molar-refractivity contribution is 5.91. The van der Waals surface area contributed by atoms with Crippen LogP contribution < -0.4 is 21.5 Å². The van der Waals surface area contributed by atoms with E-state index in [2.05, 4.69) is 80.4 Å². The molecule has 0 saturated carbocycles. The summed E-state index contributed by atoms with van der Waals surface area (Å²) in [6, 6.07) is 14.3. The zero-order valence-corrected chi connectivity index (χ0v) is 22.0. The van der Waals surface area contributed by atoms with E-state index in [9.17, 15) is 4.79 Å². The summed E-state index contributed by atoms with van der Waals surface area (Å²) in [6.07, 6.45) is 1.57. The maximum Gasteiger partial charge on any atom is 0.273 e. The van der Waals surface area contributed by atoms with Crippen LogP contribution in [0.4, 0.5) is 0 Å². The topological polar surface area (TPSA) is 133 Å². The molecule has 3 aromatic rings. The number of nitrogens with one attached hydrogen (secondary N) is 1. The summed E-state index contributed by atoms with van der Waals surface area (Å²) >= 11 is 0. The minimum Gasteiger partial charge on any atom is -0.489 e. The Balaban J connectivity index is 1.65. The molecule has 5 N–H and O–H groups in total. The molecule has 0 radical (unpaired) electrons. The van der Waals surface area contributed by atoms with Gasteiger partial charge in [0.25, 0.3) is 5.91 Å². The van der Waals surface area contributed by atoms with E-state index < -0.39 is 0 Å². The molecule has 9 heteroatoms. The molecule has 2 aromatic carbocycles. The molecule has 1 aromatic heterocycles. The van der Waals surface area contributed by atoms with Gasteiger partial charge < -0.3 is 21.5 Å². The van der Waals surface area contributed by atoms with Crippen molar-refractivity contribution in [1.29, 1.82) is 0 Å². The first-order valence-corrected chi connectivity index (χ1v) is 12.0. The van der Waals surface area contributed by atoms with Gasteiger partial charge in [-0.3, -0.25) is 9.79 Å². The number of nitrogens with zero attached hydrogens (tertiary/aromatic N) is 4. The Bertz CT molecular complexity index is 1180. The number of aromatic nitrogens is 3. The molecule has 0 aliphatic carbocycles. The van der Waals surface area contributed by atoms with Gasteiger partial charge >= 0.3 is 0 Å². The zero-order chi connectivity index (χ0) is 26.5. The fourth-order valence-electron chi connectivity index (χ4n) is 3.44. The van der Waals surface area contributed by atoms with Gasteiger partial charge in [0.15, 0.2) is 11.7 Å². The molecule has 0 atom stereocenters. The fraction of sp³-hybridized carbons (Fsp3) is 0.407. The van der Waals surface area contributed by atoms with Crippen LogP contribution in [0.2, 0.25) is 0 Å². The Morgan fingerprint density at radius 1 is 1.00 bits per heavy atom. The molecule has 192 valence electrons. The van der Waals surface area contributed by atoms with Gasteiger partial charge in [-0.2, -0.15) is 0 Å². The van der Waals surface area contributed by atoms with Gasteiger partial charge in [0, 0.05) is 6.54 Å². The number of hydrogen-bond donors (Lipinski definition) is 3. The summed E-state index contributed by atoms with van der Waals surface area (Å²) in [5.41, 5.74) is 15.3. The van der Waals surface area contributed by atoms with E-state index >= 15 is 0 Å². The van der Waals surface area contributed by atoms with Crippen molar-refractivity contribution in [2.45, 2.75) is 59.0 Å². The summed E-state index contributed by atoms with van der Waals surface area (Å²) < 4.78 is 7.63. The van der Waals surface area contributed by atoms with Crippen molar-refractivity contribution >= 4 is 11.9 Å². The van der Waals surface area contributed by atoms with Crippen LogP contribution in [0.25, 0.3) is 5.69 Å². The minimum absolute atomic E-state index is 0.0179. The van der Waals surface area contributed by atoms with E-state index in [0.29, 0.717) is 19.7 Å². The summed E-state index contributed by atoms with van der Waals surface area (Å²) in [5, 5.41) is 10.7. The molecule has 0 bridgehead atoms. The second-order valence-corrected chi connectivity index (χ2v) is 10.8. The van der Waals surface area contributed by atoms with Crippen LogP contribution in [0.15, 0.2) is 53.7 Å². The monoisotopic (exact) mass is 491 g/mol. The summed E-state index contributed by atoms with van der Waals surface area (Å²) in [7, 11) is 0. The Morgan fingerprint density at radius 2 is 1.61 bits per heavy atom. The van der Waals surface area contributed by atoms with Gasteiger partial charge in [-0.25, -0.2) is 4.68 Å². The number of hydrogen-bond acceptors (Lipinski definition) is 5. The Morgan fingerprint density at radius 3 is 2.17 bits per heavy atom. The van der Waals surface area contributed by atoms with E-state index in [1.165, 1.54) is 15.8 Å². The lowest BCUT2D eigenvalue weighted by atomic mass is 9.79. The molecule has 0 aliphatic rings. The molecule has 0 fully saturated rings. The van der Waals surface area contributed by atoms with Crippen LogP contribution in [0.1, 0.15) is 68.7 Å². The molecule has 0 saturated heterocycles. The first-order chi connectivity index (χ1) is 16.8. The molecule has 1 heterocycles. The van der Waals surface area contributed by atoms with Crippen molar-refractivity contribution in [3.8, 4) is 11.4 Å². The van der Waals surface area contributed by atoms with Crippen LogP contribution in [-0.4, -0.2) is 40.0 Å². The van der Waals surface area contributed by atoms with Gasteiger partial charge in [0.05, 0.1) is 18.4 Å². The molecular weight excluding hydrogens is 454 g/mol. The Hall–Kier alpha value is -3.88. The van der Waals surface area contributed by atoms with Gasteiger partial charge in [0.1, 0.15) is 12.4 Å². The number of carbonyl (C=O) groups excluding carboxylic acids is 1. The average molecular weight is 492 g/mol. The number of aliphatic imine (C=N–C) groups is 1. The molecule has 3 rings (SSSR count). The number of benzene rings is 2. The predicted molar refractivity (Wildman–Crippen MR) is 143 cm³/mol. The number of nitrogens with two attached hydrogens (primary N) is 2. The summed E-state index contributed by atoms with van der Waals surface area (Å²) in [5.74, 6) is 0.379. The average Bonchev–Trinajstić information content (AvgIpc) is 3.30. The summed E-state index contributed by atoms with van der Waals surface area (Å²) in [4.78, 5) is 16.0. The standard InChI is InChI=1S/C27H37N7O2/c1-26(2,3)19-13-18(14-20(15-19)27(4,5)6)17-36-22-9-7-21(8-10-22)34-16-23(32-33-34)24(35)30-11-12-31-25(28)29/h7-10,13-16H,11-12,17H2,1-6H3,(H,30,35)(H4,28,29,31). The maximum absolute atomic E-state index is 12.2. The largest absolute Gasteiger partial charge is 0.489 e. The number of guanidine groups is 1. The first kappa shape index (κ1) is 26.7. The molecule has 36 heavy (non-hydrogen) atoms. The quantitative estimate of drug-likeness (QED) is 0.251. The lowest BCUT2D eigenvalue weighted by Gasteiger charge is -2.26. The number of amides is 1. The van der Waals surface area contributed by atoms with Crippen molar-refractivity contribution in [2.75, 3.05) is 13.1 Å². The van der Waals surface area contributed by atoms with E-state index in [-0.39, 0.29) is 28.4 Å². The second kappa shape index (κ2) is 10.8. The SMILES string of the molecule is CC(C)(C)c1cc(COc2ccc(-n3cc(C(=O)NCCN=C(N)N)nn3)cc2)cc(C(C)(C)C)c1. The van der Waals surface area contributed by atoms with E-state index in [1.54, 1.807) is 6.20 Å². The molecule has 9 nitrogen and oxygen atoms in total. The van der Waals surface area contributed by atoms with E-state index in [1.807, 2.05) is 24.3 Å². The zero-order valence-electron chi connectivity index (χ0n) is 22.0. The minimum atomic E-state index is -0.348. The fourth-order valence-corrected chi connectivity index (χ4v) is 3.44. The normalized spacial score (nSPS) is 11.7. The van der Waals surface area contributed by atoms with E-state index in [0.717, 1.165) is 17.0 Å². The van der Waals surface area contributed by atoms with Gasteiger partial charge in [0.2, 0.25) is 0 Å². The van der Waals surface area contributed by atoms with Gasteiger partial charge in [-0.05, 0) is 51.8 Å². The number of carbonyl (C=O) groups is 1. The van der Waals surface area contributed by atoms with Crippen LogP contribution in [-0.2, 0) is 17.4 Å². The van der Waals surface area contributed by atoms with E-state index in [4.69, 9.17) is 16.2 Å². The Labute approximate surface area is 212 Å². The van der Waals surface area contributed by atoms with Crippen LogP contribution in [0.3, 0.4) is 0 Å². The maximum atomic E-state index is 12.2. The molecular formula is C27H37N7O2. The lowest BCUT2D eigenvalue weighted by Crippen LogP contribution is -2.28. The number of rotatable bonds is 8. The van der Waals surface area contributed by atoms with Crippen LogP contribution in [0, 0.1) is 0 Å². The van der Waals surface area contributed by atoms with Crippen LogP contribution >= 0.6 is 0 Å². The van der Waals surface area contributed by atoms with Crippen molar-refractivity contribution in [3.63, 3.8) is 0 Å². The highest BCUT2D eigenvalue weighted by atomic mass is 16.5. The smallest absolute Gasteiger partial charge is 0.273 e. The third kappa shape index (κ3) is 7.31. The third-order valence-corrected chi connectivity index (χ3v) is 5.65. The molecule has 0 aliphatic heterocycles. The van der Waals surface area contributed by atoms with Gasteiger partial charge in [-0.1, -0.05) is 65.0 Å². The lowest BCUT2D eigenvalue weighted by molar-refractivity contribution is 0.0949. The molecule has 0 unspecified atom stereocenters. The Kier molecular flexibility index (Phi) is 8.02. The second-order valence-electron chi connectivity index (χ2n) is 10.8. The van der Waals surface area contributed by atoms with Crippen molar-refractivity contribution in [3.05, 3.63) is 71.0 Å². The first-order valence-electron chi connectivity index (χ1n) is 12.0.